The summed E-state index contributed by atoms with van der Waals surface area (Å²) in [6, 6.07) is 1.99. The zero-order chi connectivity index (χ0) is 8.43. The number of nitriles is 1. The van der Waals surface area contributed by atoms with E-state index >= 15 is 0 Å². The van der Waals surface area contributed by atoms with Crippen LogP contribution in [0.5, 0.6) is 0 Å². The third kappa shape index (κ3) is 1.22. The standard InChI is InChI=1S/C7H8ClN3/c1-3-6-10-7(8)5(4-9)11(6)2/h3H2,1-2H3. The number of aromatic nitrogens is 2. The number of aryl methyl sites for hydroxylation is 1. The fourth-order valence-corrected chi connectivity index (χ4v) is 1.21. The summed E-state index contributed by atoms with van der Waals surface area (Å²) in [5.74, 6) is 0.839. The highest BCUT2D eigenvalue weighted by atomic mass is 35.5. The quantitative estimate of drug-likeness (QED) is 0.640. The molecule has 1 aromatic heterocycles. The molecule has 11 heavy (non-hydrogen) atoms. The second-order valence-electron chi connectivity index (χ2n) is 2.19. The Morgan fingerprint density at radius 2 is 2.36 bits per heavy atom. The van der Waals surface area contributed by atoms with Crippen molar-refractivity contribution >= 4 is 11.6 Å². The molecule has 3 nitrogen and oxygen atoms in total. The molecule has 0 fully saturated rings. The molecule has 4 heteroatoms. The van der Waals surface area contributed by atoms with Crippen LogP contribution >= 0.6 is 11.6 Å². The minimum atomic E-state index is 0.298. The van der Waals surface area contributed by atoms with Gasteiger partial charge >= 0.3 is 0 Å². The molecule has 0 aromatic carbocycles. The van der Waals surface area contributed by atoms with E-state index in [-0.39, 0.29) is 0 Å². The van der Waals surface area contributed by atoms with E-state index in [2.05, 4.69) is 4.98 Å². The van der Waals surface area contributed by atoms with Gasteiger partial charge < -0.3 is 4.57 Å². The molecule has 0 unspecified atom stereocenters. The molecule has 0 spiro atoms. The average molecular weight is 170 g/mol. The van der Waals surface area contributed by atoms with Crippen molar-refractivity contribution in [2.45, 2.75) is 13.3 Å². The molecule has 0 aliphatic carbocycles. The van der Waals surface area contributed by atoms with Crippen LogP contribution in [0.25, 0.3) is 0 Å². The minimum absolute atomic E-state index is 0.298. The van der Waals surface area contributed by atoms with Gasteiger partial charge in [-0.15, -0.1) is 0 Å². The molecule has 0 atom stereocenters. The zero-order valence-electron chi connectivity index (χ0n) is 6.43. The minimum Gasteiger partial charge on any atom is -0.322 e. The van der Waals surface area contributed by atoms with Gasteiger partial charge in [-0.05, 0) is 0 Å². The first-order chi connectivity index (χ1) is 5.20. The lowest BCUT2D eigenvalue weighted by molar-refractivity contribution is 0.798. The van der Waals surface area contributed by atoms with E-state index in [1.807, 2.05) is 13.0 Å². The first kappa shape index (κ1) is 8.09. The molecule has 0 saturated heterocycles. The predicted molar refractivity (Wildman–Crippen MR) is 42.3 cm³/mol. The average Bonchev–Trinajstić information content (AvgIpc) is 2.26. The molecule has 0 N–H and O–H groups in total. The maximum atomic E-state index is 8.61. The van der Waals surface area contributed by atoms with Crippen LogP contribution in [-0.4, -0.2) is 9.55 Å². The smallest absolute Gasteiger partial charge is 0.165 e. The van der Waals surface area contributed by atoms with E-state index in [1.165, 1.54) is 0 Å². The van der Waals surface area contributed by atoms with Gasteiger partial charge in [0.2, 0.25) is 0 Å². The Balaban J connectivity index is 3.28. The fourth-order valence-electron chi connectivity index (χ4n) is 0.946. The van der Waals surface area contributed by atoms with E-state index in [9.17, 15) is 0 Å². The Morgan fingerprint density at radius 3 is 2.64 bits per heavy atom. The van der Waals surface area contributed by atoms with Crippen molar-refractivity contribution in [1.82, 2.24) is 9.55 Å². The van der Waals surface area contributed by atoms with Gasteiger partial charge in [0, 0.05) is 13.5 Å². The van der Waals surface area contributed by atoms with Crippen LogP contribution in [0.4, 0.5) is 0 Å². The van der Waals surface area contributed by atoms with Crippen LogP contribution in [0, 0.1) is 11.3 Å². The number of rotatable bonds is 1. The van der Waals surface area contributed by atoms with E-state index in [1.54, 1.807) is 11.6 Å². The van der Waals surface area contributed by atoms with Gasteiger partial charge in [0.1, 0.15) is 11.9 Å². The van der Waals surface area contributed by atoms with Gasteiger partial charge in [-0.3, -0.25) is 0 Å². The van der Waals surface area contributed by atoms with Crippen LogP contribution in [0.3, 0.4) is 0 Å². The fraction of sp³-hybridized carbons (Fsp3) is 0.429. The third-order valence-corrected chi connectivity index (χ3v) is 1.83. The molecule has 0 aliphatic heterocycles. The summed E-state index contributed by atoms with van der Waals surface area (Å²) in [5, 5.41) is 8.91. The van der Waals surface area contributed by atoms with E-state index in [0.29, 0.717) is 10.8 Å². The largest absolute Gasteiger partial charge is 0.322 e. The van der Waals surface area contributed by atoms with Crippen LogP contribution in [0.2, 0.25) is 5.15 Å². The SMILES string of the molecule is CCc1nc(Cl)c(C#N)n1C. The highest BCUT2D eigenvalue weighted by Gasteiger charge is 2.09. The summed E-state index contributed by atoms with van der Waals surface area (Å²) < 4.78 is 1.71. The number of imidazole rings is 1. The van der Waals surface area contributed by atoms with Crippen molar-refractivity contribution in [2.75, 3.05) is 0 Å². The van der Waals surface area contributed by atoms with Crippen LogP contribution in [-0.2, 0) is 13.5 Å². The lowest BCUT2D eigenvalue weighted by Gasteiger charge is -1.95. The summed E-state index contributed by atoms with van der Waals surface area (Å²) in [6.07, 6.45) is 0.790. The van der Waals surface area contributed by atoms with Crippen molar-refractivity contribution < 1.29 is 0 Å². The molecule has 58 valence electrons. The van der Waals surface area contributed by atoms with Crippen molar-refractivity contribution in [2.24, 2.45) is 7.05 Å². The summed E-state index contributed by atoms with van der Waals surface area (Å²) in [4.78, 5) is 4.01. The number of hydrogen-bond acceptors (Lipinski definition) is 2. The van der Waals surface area contributed by atoms with Gasteiger partial charge in [-0.1, -0.05) is 18.5 Å². The number of halogens is 1. The Bertz CT molecular complexity index is 308. The van der Waals surface area contributed by atoms with Gasteiger partial charge in [-0.2, -0.15) is 5.26 Å². The summed E-state index contributed by atoms with van der Waals surface area (Å²) >= 11 is 5.67. The molecule has 1 heterocycles. The first-order valence-corrected chi connectivity index (χ1v) is 3.69. The van der Waals surface area contributed by atoms with E-state index in [0.717, 1.165) is 12.2 Å². The first-order valence-electron chi connectivity index (χ1n) is 3.31. The number of nitrogens with zero attached hydrogens (tertiary/aromatic N) is 3. The molecular formula is C7H8ClN3. The molecule has 0 aliphatic rings. The third-order valence-electron chi connectivity index (χ3n) is 1.57. The van der Waals surface area contributed by atoms with Crippen LogP contribution in [0.15, 0.2) is 0 Å². The van der Waals surface area contributed by atoms with Gasteiger partial charge in [0.25, 0.3) is 0 Å². The lowest BCUT2D eigenvalue weighted by atomic mass is 10.4. The van der Waals surface area contributed by atoms with E-state index in [4.69, 9.17) is 16.9 Å². The molecule has 1 rings (SSSR count). The van der Waals surface area contributed by atoms with Gasteiger partial charge in [-0.25, -0.2) is 4.98 Å². The van der Waals surface area contributed by atoms with Crippen LogP contribution < -0.4 is 0 Å². The second-order valence-corrected chi connectivity index (χ2v) is 2.55. The van der Waals surface area contributed by atoms with Gasteiger partial charge in [0.05, 0.1) is 0 Å². The molecule has 0 amide bonds. The zero-order valence-corrected chi connectivity index (χ0v) is 7.18. The normalized spacial score (nSPS) is 9.64. The molecular weight excluding hydrogens is 162 g/mol. The summed E-state index contributed by atoms with van der Waals surface area (Å²) in [7, 11) is 1.79. The molecule has 1 aromatic rings. The maximum absolute atomic E-state index is 8.61. The molecule has 0 saturated carbocycles. The van der Waals surface area contributed by atoms with Crippen molar-refractivity contribution in [3.05, 3.63) is 16.7 Å². The maximum Gasteiger partial charge on any atom is 0.165 e. The Hall–Kier alpha value is -1.01. The van der Waals surface area contributed by atoms with Crippen molar-refractivity contribution in [3.63, 3.8) is 0 Å². The van der Waals surface area contributed by atoms with Crippen molar-refractivity contribution in [1.29, 1.82) is 5.26 Å². The molecule has 0 radical (unpaired) electrons. The molecule has 0 bridgehead atoms. The highest BCUT2D eigenvalue weighted by Crippen LogP contribution is 2.14. The van der Waals surface area contributed by atoms with Crippen LogP contribution in [0.1, 0.15) is 18.4 Å². The van der Waals surface area contributed by atoms with E-state index < -0.39 is 0 Å². The highest BCUT2D eigenvalue weighted by molar-refractivity contribution is 6.30. The second kappa shape index (κ2) is 2.93. The predicted octanol–water partition coefficient (Wildman–Crippen LogP) is 1.51. The van der Waals surface area contributed by atoms with Gasteiger partial charge in [0.15, 0.2) is 10.8 Å². The monoisotopic (exact) mass is 169 g/mol. The van der Waals surface area contributed by atoms with Crippen molar-refractivity contribution in [3.8, 4) is 6.07 Å². The Labute approximate surface area is 70.2 Å². The number of hydrogen-bond donors (Lipinski definition) is 0. The Morgan fingerprint density at radius 1 is 1.73 bits per heavy atom. The lowest BCUT2D eigenvalue weighted by Crippen LogP contribution is -1.97. The topological polar surface area (TPSA) is 41.6 Å². The summed E-state index contributed by atoms with van der Waals surface area (Å²) in [5.41, 5.74) is 0.434. The summed E-state index contributed by atoms with van der Waals surface area (Å²) in [6.45, 7) is 1.97. The Kier molecular flexibility index (Phi) is 2.16.